The Hall–Kier alpha value is -1.06. The highest BCUT2D eigenvalue weighted by molar-refractivity contribution is 5.20. The van der Waals surface area contributed by atoms with Gasteiger partial charge in [-0.2, -0.15) is 0 Å². The summed E-state index contributed by atoms with van der Waals surface area (Å²) in [5.41, 5.74) is 0. The highest BCUT2D eigenvalue weighted by Gasteiger charge is 2.23. The minimum absolute atomic E-state index is 0.177. The molecule has 1 fully saturated rings. The van der Waals surface area contributed by atoms with Crippen LogP contribution in [-0.2, 0) is 0 Å². The lowest BCUT2D eigenvalue weighted by molar-refractivity contribution is 0.207. The number of ether oxygens (including phenoxy) is 1. The van der Waals surface area contributed by atoms with E-state index in [0.717, 1.165) is 12.2 Å². The van der Waals surface area contributed by atoms with Crippen molar-refractivity contribution in [1.29, 1.82) is 0 Å². The Morgan fingerprint density at radius 3 is 2.69 bits per heavy atom. The van der Waals surface area contributed by atoms with E-state index in [9.17, 15) is 5.11 Å². The Balaban J connectivity index is 1.65. The van der Waals surface area contributed by atoms with Crippen LogP contribution in [0.25, 0.3) is 0 Å². The molecule has 0 heterocycles. The van der Waals surface area contributed by atoms with Crippen LogP contribution in [0.4, 0.5) is 0 Å². The molecule has 0 amide bonds. The van der Waals surface area contributed by atoms with Gasteiger partial charge in [0.25, 0.3) is 0 Å². The standard InChI is InChI=1S/C13H19NO2/c15-10-12(14-11-6-7-11)8-9-16-13-4-2-1-3-5-13/h1-5,11-12,14-15H,6-10H2. The second kappa shape index (κ2) is 5.87. The van der Waals surface area contributed by atoms with Crippen LogP contribution in [0.1, 0.15) is 19.3 Å². The number of rotatable bonds is 7. The van der Waals surface area contributed by atoms with E-state index in [1.807, 2.05) is 30.3 Å². The Morgan fingerprint density at radius 2 is 2.06 bits per heavy atom. The maximum absolute atomic E-state index is 9.18. The van der Waals surface area contributed by atoms with Crippen LogP contribution in [0, 0.1) is 0 Å². The fourth-order valence-electron chi connectivity index (χ4n) is 1.65. The molecule has 88 valence electrons. The van der Waals surface area contributed by atoms with E-state index in [1.54, 1.807) is 0 Å². The number of para-hydroxylation sites is 1. The largest absolute Gasteiger partial charge is 0.494 e. The molecule has 3 nitrogen and oxygen atoms in total. The molecule has 2 rings (SSSR count). The molecule has 0 aromatic heterocycles. The zero-order valence-electron chi connectivity index (χ0n) is 9.43. The van der Waals surface area contributed by atoms with Crippen molar-refractivity contribution >= 4 is 0 Å². The molecule has 1 unspecified atom stereocenters. The topological polar surface area (TPSA) is 41.5 Å². The molecular weight excluding hydrogens is 202 g/mol. The van der Waals surface area contributed by atoms with Gasteiger partial charge in [-0.1, -0.05) is 18.2 Å². The summed E-state index contributed by atoms with van der Waals surface area (Å²) in [5, 5.41) is 12.6. The van der Waals surface area contributed by atoms with E-state index < -0.39 is 0 Å². The highest BCUT2D eigenvalue weighted by Crippen LogP contribution is 2.20. The zero-order chi connectivity index (χ0) is 11.2. The first-order valence-corrected chi connectivity index (χ1v) is 5.93. The van der Waals surface area contributed by atoms with Crippen LogP contribution in [0.3, 0.4) is 0 Å². The lowest BCUT2D eigenvalue weighted by Gasteiger charge is -2.16. The van der Waals surface area contributed by atoms with Crippen LogP contribution in [0.5, 0.6) is 5.75 Å². The van der Waals surface area contributed by atoms with Gasteiger partial charge in [0, 0.05) is 12.1 Å². The van der Waals surface area contributed by atoms with Gasteiger partial charge >= 0.3 is 0 Å². The van der Waals surface area contributed by atoms with Gasteiger partial charge in [-0.15, -0.1) is 0 Å². The second-order valence-corrected chi connectivity index (χ2v) is 4.27. The molecule has 0 aliphatic heterocycles. The molecule has 1 aliphatic rings. The molecule has 1 saturated carbocycles. The average molecular weight is 221 g/mol. The first-order chi connectivity index (χ1) is 7.88. The van der Waals surface area contributed by atoms with Gasteiger partial charge < -0.3 is 15.2 Å². The Labute approximate surface area is 96.4 Å². The third kappa shape index (κ3) is 3.83. The highest BCUT2D eigenvalue weighted by atomic mass is 16.5. The maximum Gasteiger partial charge on any atom is 0.119 e. The summed E-state index contributed by atoms with van der Waals surface area (Å²) in [7, 11) is 0. The van der Waals surface area contributed by atoms with Gasteiger partial charge in [-0.25, -0.2) is 0 Å². The lowest BCUT2D eigenvalue weighted by atomic mass is 10.2. The average Bonchev–Trinajstić information content (AvgIpc) is 3.13. The minimum atomic E-state index is 0.177. The summed E-state index contributed by atoms with van der Waals surface area (Å²) >= 11 is 0. The summed E-state index contributed by atoms with van der Waals surface area (Å²) in [6.07, 6.45) is 3.34. The van der Waals surface area contributed by atoms with Gasteiger partial charge in [0.1, 0.15) is 5.75 Å². The SMILES string of the molecule is OCC(CCOc1ccccc1)NC1CC1. The number of hydrogen-bond acceptors (Lipinski definition) is 3. The number of aliphatic hydroxyl groups excluding tert-OH is 1. The fraction of sp³-hybridized carbons (Fsp3) is 0.538. The Bertz CT molecular complexity index is 298. The third-order valence-electron chi connectivity index (χ3n) is 2.75. The summed E-state index contributed by atoms with van der Waals surface area (Å²) in [6, 6.07) is 10.6. The van der Waals surface area contributed by atoms with Crippen molar-refractivity contribution in [3.63, 3.8) is 0 Å². The van der Waals surface area contributed by atoms with Crippen molar-refractivity contribution in [1.82, 2.24) is 5.32 Å². The second-order valence-electron chi connectivity index (χ2n) is 4.27. The van der Waals surface area contributed by atoms with Gasteiger partial charge in [0.15, 0.2) is 0 Å². The van der Waals surface area contributed by atoms with Gasteiger partial charge in [0.05, 0.1) is 13.2 Å². The smallest absolute Gasteiger partial charge is 0.119 e. The summed E-state index contributed by atoms with van der Waals surface area (Å²) in [5.74, 6) is 0.894. The lowest BCUT2D eigenvalue weighted by Crippen LogP contribution is -2.35. The van der Waals surface area contributed by atoms with E-state index >= 15 is 0 Å². The Morgan fingerprint density at radius 1 is 1.31 bits per heavy atom. The van der Waals surface area contributed by atoms with Crippen LogP contribution in [0.2, 0.25) is 0 Å². The third-order valence-corrected chi connectivity index (χ3v) is 2.75. The normalized spacial score (nSPS) is 17.1. The maximum atomic E-state index is 9.18. The minimum Gasteiger partial charge on any atom is -0.494 e. The van der Waals surface area contributed by atoms with E-state index in [2.05, 4.69) is 5.32 Å². The predicted molar refractivity (Wildman–Crippen MR) is 63.6 cm³/mol. The van der Waals surface area contributed by atoms with Crippen molar-refractivity contribution in [2.45, 2.75) is 31.3 Å². The van der Waals surface area contributed by atoms with E-state index in [1.165, 1.54) is 12.8 Å². The first kappa shape index (κ1) is 11.4. The summed E-state index contributed by atoms with van der Waals surface area (Å²) in [4.78, 5) is 0. The fourth-order valence-corrected chi connectivity index (χ4v) is 1.65. The molecule has 0 bridgehead atoms. The summed E-state index contributed by atoms with van der Waals surface area (Å²) < 4.78 is 5.59. The number of hydrogen-bond donors (Lipinski definition) is 2. The molecule has 1 aromatic carbocycles. The molecule has 0 spiro atoms. The molecule has 16 heavy (non-hydrogen) atoms. The molecule has 1 atom stereocenters. The number of aliphatic hydroxyl groups is 1. The van der Waals surface area contributed by atoms with Crippen molar-refractivity contribution in [3.05, 3.63) is 30.3 Å². The van der Waals surface area contributed by atoms with Crippen molar-refractivity contribution in [3.8, 4) is 5.75 Å². The van der Waals surface area contributed by atoms with Gasteiger partial charge in [0.2, 0.25) is 0 Å². The summed E-state index contributed by atoms with van der Waals surface area (Å²) in [6.45, 7) is 0.837. The van der Waals surface area contributed by atoms with E-state index in [-0.39, 0.29) is 12.6 Å². The first-order valence-electron chi connectivity index (χ1n) is 5.93. The number of benzene rings is 1. The van der Waals surface area contributed by atoms with Crippen LogP contribution in [0.15, 0.2) is 30.3 Å². The molecular formula is C13H19NO2. The van der Waals surface area contributed by atoms with Gasteiger partial charge in [-0.3, -0.25) is 0 Å². The zero-order valence-corrected chi connectivity index (χ0v) is 9.43. The van der Waals surface area contributed by atoms with Crippen molar-refractivity contribution in [2.75, 3.05) is 13.2 Å². The van der Waals surface area contributed by atoms with Gasteiger partial charge in [-0.05, 0) is 31.4 Å². The van der Waals surface area contributed by atoms with Crippen molar-refractivity contribution in [2.24, 2.45) is 0 Å². The monoisotopic (exact) mass is 221 g/mol. The van der Waals surface area contributed by atoms with Crippen LogP contribution in [-0.4, -0.2) is 30.4 Å². The van der Waals surface area contributed by atoms with E-state index in [4.69, 9.17) is 4.74 Å². The Kier molecular flexibility index (Phi) is 4.19. The molecule has 3 heteroatoms. The van der Waals surface area contributed by atoms with Crippen molar-refractivity contribution < 1.29 is 9.84 Å². The van der Waals surface area contributed by atoms with Crippen LogP contribution < -0.4 is 10.1 Å². The molecule has 0 saturated heterocycles. The molecule has 2 N–H and O–H groups in total. The predicted octanol–water partition coefficient (Wildman–Crippen LogP) is 1.57. The van der Waals surface area contributed by atoms with E-state index in [0.29, 0.717) is 12.6 Å². The molecule has 1 aliphatic carbocycles. The molecule has 0 radical (unpaired) electrons. The quantitative estimate of drug-likeness (QED) is 0.734. The number of nitrogens with one attached hydrogen (secondary N) is 1. The molecule has 1 aromatic rings. The van der Waals surface area contributed by atoms with Crippen LogP contribution >= 0.6 is 0 Å².